The zero-order valence-corrected chi connectivity index (χ0v) is 11.1. The lowest BCUT2D eigenvalue weighted by atomic mass is 10.0. The minimum absolute atomic E-state index is 0.0434. The first-order chi connectivity index (χ1) is 10.2. The Hall–Kier alpha value is -2.73. The van der Waals surface area contributed by atoms with Gasteiger partial charge in [0.25, 0.3) is 5.69 Å². The van der Waals surface area contributed by atoms with Crippen LogP contribution < -0.4 is 5.32 Å². The first-order valence-electron chi connectivity index (χ1n) is 6.47. The third kappa shape index (κ3) is 2.61. The van der Waals surface area contributed by atoms with Gasteiger partial charge in [-0.1, -0.05) is 12.1 Å². The molecule has 3 rings (SSSR count). The van der Waals surface area contributed by atoms with Crippen molar-refractivity contribution in [2.24, 2.45) is 4.99 Å². The van der Waals surface area contributed by atoms with Crippen LogP contribution in [-0.4, -0.2) is 22.3 Å². The van der Waals surface area contributed by atoms with Crippen molar-refractivity contribution in [3.63, 3.8) is 0 Å². The molecule has 0 aliphatic carbocycles. The van der Waals surface area contributed by atoms with Crippen LogP contribution in [0, 0.1) is 10.1 Å². The van der Waals surface area contributed by atoms with E-state index < -0.39 is 4.92 Å². The van der Waals surface area contributed by atoms with Gasteiger partial charge in [-0.25, -0.2) is 4.99 Å². The van der Waals surface area contributed by atoms with Gasteiger partial charge in [0.1, 0.15) is 0 Å². The normalized spacial score (nSPS) is 13.1. The van der Waals surface area contributed by atoms with Gasteiger partial charge in [-0.05, 0) is 23.8 Å². The number of hydrogen-bond donors (Lipinski definition) is 2. The number of nitrogens with one attached hydrogen (secondary N) is 1. The van der Waals surface area contributed by atoms with E-state index in [0.29, 0.717) is 23.4 Å². The van der Waals surface area contributed by atoms with E-state index in [9.17, 15) is 15.2 Å². The van der Waals surface area contributed by atoms with E-state index in [1.807, 2.05) is 24.3 Å². The number of benzene rings is 2. The minimum Gasteiger partial charge on any atom is -0.392 e. The van der Waals surface area contributed by atoms with E-state index in [1.165, 1.54) is 12.1 Å². The minimum atomic E-state index is -0.465. The van der Waals surface area contributed by atoms with Crippen molar-refractivity contribution in [2.45, 2.75) is 6.61 Å². The van der Waals surface area contributed by atoms with Crippen LogP contribution in [0.3, 0.4) is 0 Å². The highest BCUT2D eigenvalue weighted by molar-refractivity contribution is 6.07. The number of anilines is 1. The number of para-hydroxylation sites is 2. The summed E-state index contributed by atoms with van der Waals surface area (Å²) in [6.07, 6.45) is 0. The molecule has 0 bridgehead atoms. The molecule has 1 aliphatic heterocycles. The van der Waals surface area contributed by atoms with Crippen molar-refractivity contribution in [1.82, 2.24) is 0 Å². The Morgan fingerprint density at radius 3 is 2.86 bits per heavy atom. The van der Waals surface area contributed by atoms with Crippen LogP contribution in [0.2, 0.25) is 0 Å². The molecule has 21 heavy (non-hydrogen) atoms. The summed E-state index contributed by atoms with van der Waals surface area (Å²) in [5.74, 6) is 0. The fourth-order valence-corrected chi connectivity index (χ4v) is 2.29. The molecular weight excluding hydrogens is 270 g/mol. The molecule has 0 fully saturated rings. The predicted molar refractivity (Wildman–Crippen MR) is 80.1 cm³/mol. The molecule has 1 heterocycles. The zero-order valence-electron chi connectivity index (χ0n) is 11.1. The Labute approximate surface area is 120 Å². The highest BCUT2D eigenvalue weighted by Gasteiger charge is 2.16. The summed E-state index contributed by atoms with van der Waals surface area (Å²) < 4.78 is 0. The van der Waals surface area contributed by atoms with Gasteiger partial charge in [0, 0.05) is 17.7 Å². The summed E-state index contributed by atoms with van der Waals surface area (Å²) in [5, 5.41) is 23.5. The molecule has 0 spiro atoms. The Morgan fingerprint density at radius 2 is 2.10 bits per heavy atom. The van der Waals surface area contributed by atoms with Gasteiger partial charge in [0.15, 0.2) is 0 Å². The zero-order chi connectivity index (χ0) is 14.8. The van der Waals surface area contributed by atoms with Crippen LogP contribution in [0.1, 0.15) is 11.1 Å². The first kappa shape index (κ1) is 13.3. The van der Waals surface area contributed by atoms with Crippen LogP contribution in [-0.2, 0) is 6.61 Å². The molecule has 0 aromatic heterocycles. The number of nitro groups is 1. The van der Waals surface area contributed by atoms with Crippen LogP contribution in [0.5, 0.6) is 0 Å². The Bertz CT molecular complexity index is 741. The number of nitrogens with zero attached hydrogens (tertiary/aromatic N) is 2. The summed E-state index contributed by atoms with van der Waals surface area (Å²) in [7, 11) is 0. The summed E-state index contributed by atoms with van der Waals surface area (Å²) in [5.41, 5.74) is 3.56. The number of hydrogen-bond acceptors (Lipinski definition) is 5. The second kappa shape index (κ2) is 5.34. The van der Waals surface area contributed by atoms with Gasteiger partial charge < -0.3 is 10.4 Å². The number of fused-ring (bicyclic) bond motifs is 1. The van der Waals surface area contributed by atoms with E-state index in [0.717, 1.165) is 11.4 Å². The topological polar surface area (TPSA) is 87.8 Å². The van der Waals surface area contributed by atoms with Crippen LogP contribution in [0.25, 0.3) is 0 Å². The highest BCUT2D eigenvalue weighted by atomic mass is 16.6. The van der Waals surface area contributed by atoms with Gasteiger partial charge in [-0.15, -0.1) is 0 Å². The maximum absolute atomic E-state index is 11.0. The number of nitro benzene ring substituents is 1. The van der Waals surface area contributed by atoms with Crippen molar-refractivity contribution < 1.29 is 10.0 Å². The monoisotopic (exact) mass is 283 g/mol. The van der Waals surface area contributed by atoms with Crippen molar-refractivity contribution in [3.05, 3.63) is 63.7 Å². The first-order valence-corrected chi connectivity index (χ1v) is 6.47. The molecule has 2 N–H and O–H groups in total. The van der Waals surface area contributed by atoms with Crippen LogP contribution in [0.4, 0.5) is 17.1 Å². The smallest absolute Gasteiger partial charge is 0.270 e. The summed E-state index contributed by atoms with van der Waals surface area (Å²) in [6, 6.07) is 12.2. The molecule has 0 amide bonds. The maximum atomic E-state index is 11.0. The van der Waals surface area contributed by atoms with Crippen molar-refractivity contribution >= 4 is 22.8 Å². The Morgan fingerprint density at radius 1 is 1.29 bits per heavy atom. The second-order valence-corrected chi connectivity index (χ2v) is 4.73. The molecule has 0 saturated heterocycles. The largest absolute Gasteiger partial charge is 0.392 e. The SMILES string of the molecule is O=[N+]([O-])c1cc(CO)cc(C2=Nc3ccccc3NC2)c1. The lowest BCUT2D eigenvalue weighted by molar-refractivity contribution is -0.385. The van der Waals surface area contributed by atoms with Crippen molar-refractivity contribution in [1.29, 1.82) is 0 Å². The highest BCUT2D eigenvalue weighted by Crippen LogP contribution is 2.29. The standard InChI is InChI=1S/C15H13N3O3/c19-9-10-5-11(7-12(6-10)18(20)21)15-8-16-13-3-1-2-4-14(13)17-15/h1-7,16,19H,8-9H2. The number of aliphatic hydroxyl groups is 1. The van der Waals surface area contributed by atoms with Crippen molar-refractivity contribution in [2.75, 3.05) is 11.9 Å². The summed E-state index contributed by atoms with van der Waals surface area (Å²) >= 11 is 0. The second-order valence-electron chi connectivity index (χ2n) is 4.73. The van der Waals surface area contributed by atoms with Gasteiger partial charge >= 0.3 is 0 Å². The van der Waals surface area contributed by atoms with E-state index in [-0.39, 0.29) is 12.3 Å². The molecule has 2 aromatic rings. The molecule has 6 heteroatoms. The van der Waals surface area contributed by atoms with Gasteiger partial charge in [-0.2, -0.15) is 0 Å². The fraction of sp³-hybridized carbons (Fsp3) is 0.133. The fourth-order valence-electron chi connectivity index (χ4n) is 2.29. The molecule has 0 radical (unpaired) electrons. The van der Waals surface area contributed by atoms with Gasteiger partial charge in [0.2, 0.25) is 0 Å². The molecule has 106 valence electrons. The van der Waals surface area contributed by atoms with E-state index in [2.05, 4.69) is 10.3 Å². The van der Waals surface area contributed by atoms with E-state index >= 15 is 0 Å². The molecule has 0 unspecified atom stereocenters. The van der Waals surface area contributed by atoms with Gasteiger partial charge in [0.05, 0.1) is 35.2 Å². The van der Waals surface area contributed by atoms with E-state index in [1.54, 1.807) is 6.07 Å². The molecule has 6 nitrogen and oxygen atoms in total. The summed E-state index contributed by atoms with van der Waals surface area (Å²) in [4.78, 5) is 15.0. The average Bonchev–Trinajstić information content (AvgIpc) is 2.53. The van der Waals surface area contributed by atoms with Crippen molar-refractivity contribution in [3.8, 4) is 0 Å². The van der Waals surface area contributed by atoms with Crippen LogP contribution in [0.15, 0.2) is 47.5 Å². The average molecular weight is 283 g/mol. The van der Waals surface area contributed by atoms with Gasteiger partial charge in [-0.3, -0.25) is 10.1 Å². The number of aliphatic imine (C=N–C) groups is 1. The molecular formula is C15H13N3O3. The third-order valence-electron chi connectivity index (χ3n) is 3.31. The molecule has 2 aromatic carbocycles. The predicted octanol–water partition coefficient (Wildman–Crippen LogP) is 2.63. The number of aliphatic hydroxyl groups excluding tert-OH is 1. The molecule has 0 atom stereocenters. The third-order valence-corrected chi connectivity index (χ3v) is 3.31. The maximum Gasteiger partial charge on any atom is 0.270 e. The molecule has 1 aliphatic rings. The van der Waals surface area contributed by atoms with E-state index in [4.69, 9.17) is 0 Å². The Balaban J connectivity index is 2.07. The molecule has 0 saturated carbocycles. The van der Waals surface area contributed by atoms with Crippen LogP contribution >= 0.6 is 0 Å². The number of non-ortho nitro benzene ring substituents is 1. The summed E-state index contributed by atoms with van der Waals surface area (Å²) in [6.45, 7) is 0.245. The lowest BCUT2D eigenvalue weighted by Crippen LogP contribution is -2.19. The quantitative estimate of drug-likeness (QED) is 0.669. The lowest BCUT2D eigenvalue weighted by Gasteiger charge is -2.18. The number of rotatable bonds is 3. The Kier molecular flexibility index (Phi) is 3.37.